The fourth-order valence-corrected chi connectivity index (χ4v) is 10.0. The van der Waals surface area contributed by atoms with E-state index in [2.05, 4.69) is 51.3 Å². The minimum Gasteiger partial charge on any atom is -0.460 e. The van der Waals surface area contributed by atoms with Crippen LogP contribution in [0.25, 0.3) is 0 Å². The third-order valence-electron chi connectivity index (χ3n) is 12.3. The molecule has 4 aliphatic rings. The molecule has 4 aliphatic carbocycles. The maximum absolute atomic E-state index is 13.3. The van der Waals surface area contributed by atoms with Crippen LogP contribution in [0.4, 0.5) is 0 Å². The zero-order chi connectivity index (χ0) is 30.5. The summed E-state index contributed by atoms with van der Waals surface area (Å²) < 4.78 is 6.28. The number of hydrogen-bond donors (Lipinski definition) is 5. The third-order valence-corrected chi connectivity index (χ3v) is 12.3. The number of ether oxygens (including phenoxy) is 1. The molecule has 3 saturated carbocycles. The van der Waals surface area contributed by atoms with Crippen molar-refractivity contribution < 1.29 is 14.6 Å². The van der Waals surface area contributed by atoms with Gasteiger partial charge in [-0.3, -0.25) is 4.79 Å². The lowest BCUT2D eigenvalue weighted by Crippen LogP contribution is -2.57. The molecule has 4 rings (SSSR count). The lowest BCUT2D eigenvalue weighted by atomic mass is 9.46. The van der Waals surface area contributed by atoms with Gasteiger partial charge in [0.25, 0.3) is 0 Å². The van der Waals surface area contributed by atoms with E-state index in [0.717, 1.165) is 56.1 Å². The Kier molecular flexibility index (Phi) is 12.0. The summed E-state index contributed by atoms with van der Waals surface area (Å²) >= 11 is 0. The van der Waals surface area contributed by atoms with E-state index in [1.807, 2.05) is 0 Å². The number of nitrogens with two attached hydrogens (primary N) is 2. The number of hydrogen-bond acceptors (Lipinski definition) is 7. The maximum Gasteiger partial charge on any atom is 0.324 e. The first kappa shape index (κ1) is 33.9. The molecule has 0 heterocycles. The summed E-state index contributed by atoms with van der Waals surface area (Å²) in [6.45, 7) is 15.7. The number of esters is 1. The summed E-state index contributed by atoms with van der Waals surface area (Å²) in [5.41, 5.74) is 13.3. The van der Waals surface area contributed by atoms with Gasteiger partial charge in [-0.25, -0.2) is 0 Å². The van der Waals surface area contributed by atoms with Crippen molar-refractivity contribution in [2.24, 2.45) is 57.8 Å². The van der Waals surface area contributed by atoms with Gasteiger partial charge in [-0.15, -0.1) is 0 Å². The molecule has 42 heavy (non-hydrogen) atoms. The molecule has 0 spiro atoms. The third kappa shape index (κ3) is 7.28. The number of nitrogens with one attached hydrogen (secondary N) is 2. The molecule has 2 unspecified atom stereocenters. The van der Waals surface area contributed by atoms with Crippen LogP contribution < -0.4 is 22.1 Å². The van der Waals surface area contributed by atoms with Crippen LogP contribution >= 0.6 is 0 Å². The van der Waals surface area contributed by atoms with Crippen molar-refractivity contribution in [2.45, 2.75) is 123 Å². The van der Waals surface area contributed by atoms with Crippen molar-refractivity contribution in [3.05, 3.63) is 11.6 Å². The van der Waals surface area contributed by atoms with Gasteiger partial charge in [-0.1, -0.05) is 65.5 Å². The second kappa shape index (κ2) is 14.9. The van der Waals surface area contributed by atoms with E-state index in [1.54, 1.807) is 0 Å². The van der Waals surface area contributed by atoms with Crippen LogP contribution in [0.15, 0.2) is 11.6 Å². The highest BCUT2D eigenvalue weighted by Gasteiger charge is 2.61. The standard InChI is InChI=1S/C35H64N4O3/c1-23(2)8-6-9-24(3)28-12-13-29-27-11-10-25-20-26(40)21-32(35(25,5)30(27)14-15-34(28,29)4)42-33(41)31(37)22-39-18-7-17-38-19-16-36/h10,23-24,26-32,38-40H,6-9,11-22,36-37H2,1-5H3/t24-,26+,27+,28-,29+,30+,31?,32?,34-,35+/m1/s1. The van der Waals surface area contributed by atoms with Crippen molar-refractivity contribution in [1.82, 2.24) is 10.6 Å². The van der Waals surface area contributed by atoms with Gasteiger partial charge >= 0.3 is 5.97 Å². The lowest BCUT2D eigenvalue weighted by molar-refractivity contribution is -0.170. The first-order valence-electron chi connectivity index (χ1n) is 17.5. The Morgan fingerprint density at radius 2 is 1.83 bits per heavy atom. The monoisotopic (exact) mass is 588 g/mol. The van der Waals surface area contributed by atoms with Crippen LogP contribution in [-0.2, 0) is 9.53 Å². The van der Waals surface area contributed by atoms with Crippen LogP contribution in [0.2, 0.25) is 0 Å². The normalized spacial score (nSPS) is 37.4. The van der Waals surface area contributed by atoms with Gasteiger partial charge < -0.3 is 31.9 Å². The summed E-state index contributed by atoms with van der Waals surface area (Å²) in [5, 5.41) is 17.4. The molecule has 0 aromatic heterocycles. The Bertz CT molecular complexity index is 911. The zero-order valence-corrected chi connectivity index (χ0v) is 27.5. The molecule has 7 N–H and O–H groups in total. The Labute approximate surface area is 256 Å². The molecule has 0 bridgehead atoms. The van der Waals surface area contributed by atoms with Gasteiger partial charge in [-0.05, 0) is 99.0 Å². The number of fused-ring (bicyclic) bond motifs is 5. The topological polar surface area (TPSA) is 123 Å². The molecule has 0 radical (unpaired) electrons. The number of carbonyl (C=O) groups is 1. The number of rotatable bonds is 15. The quantitative estimate of drug-likeness (QED) is 0.106. The van der Waals surface area contributed by atoms with E-state index in [9.17, 15) is 9.90 Å². The summed E-state index contributed by atoms with van der Waals surface area (Å²) in [7, 11) is 0. The van der Waals surface area contributed by atoms with E-state index < -0.39 is 12.1 Å². The largest absolute Gasteiger partial charge is 0.460 e. The summed E-state index contributed by atoms with van der Waals surface area (Å²) in [5.74, 6) is 3.91. The number of aliphatic hydroxyl groups excluding tert-OH is 1. The zero-order valence-electron chi connectivity index (χ0n) is 27.5. The van der Waals surface area contributed by atoms with Crippen molar-refractivity contribution in [2.75, 3.05) is 32.7 Å². The molecular weight excluding hydrogens is 524 g/mol. The highest BCUT2D eigenvalue weighted by atomic mass is 16.5. The number of allylic oxidation sites excluding steroid dienone is 1. The first-order valence-corrected chi connectivity index (χ1v) is 17.5. The Balaban J connectivity index is 1.40. The highest BCUT2D eigenvalue weighted by molar-refractivity contribution is 5.76. The van der Waals surface area contributed by atoms with E-state index in [4.69, 9.17) is 16.2 Å². The van der Waals surface area contributed by atoms with Crippen LogP contribution in [0.5, 0.6) is 0 Å². The van der Waals surface area contributed by atoms with Crippen molar-refractivity contribution >= 4 is 5.97 Å². The predicted octanol–water partition coefficient (Wildman–Crippen LogP) is 4.77. The number of aliphatic hydroxyl groups is 1. The molecular formula is C35H64N4O3. The van der Waals surface area contributed by atoms with Crippen molar-refractivity contribution in [1.29, 1.82) is 0 Å². The summed E-state index contributed by atoms with van der Waals surface area (Å²) in [6, 6.07) is -0.709. The van der Waals surface area contributed by atoms with Crippen molar-refractivity contribution in [3.63, 3.8) is 0 Å². The molecule has 0 aromatic carbocycles. The van der Waals surface area contributed by atoms with Gasteiger partial charge in [-0.2, -0.15) is 0 Å². The van der Waals surface area contributed by atoms with Crippen LogP contribution in [-0.4, -0.2) is 62.0 Å². The van der Waals surface area contributed by atoms with Crippen LogP contribution in [0, 0.1) is 46.3 Å². The SMILES string of the molecule is CC(C)CCC[C@@H](C)[C@H]1CC[C@H]2[C@@H]3CC=C4C[C@H](O)CC(OC(=O)C(N)CNCCCNCCN)[C@]4(C)[C@H]3CC[C@]12C. The molecule has 10 atom stereocenters. The second-order valence-electron chi connectivity index (χ2n) is 15.4. The predicted molar refractivity (Wildman–Crippen MR) is 172 cm³/mol. The maximum atomic E-state index is 13.3. The van der Waals surface area contributed by atoms with Crippen molar-refractivity contribution in [3.8, 4) is 0 Å². The molecule has 3 fully saturated rings. The fourth-order valence-electron chi connectivity index (χ4n) is 10.0. The second-order valence-corrected chi connectivity index (χ2v) is 15.4. The molecule has 0 aromatic rings. The smallest absolute Gasteiger partial charge is 0.324 e. The molecule has 242 valence electrons. The fraction of sp³-hybridized carbons (Fsp3) is 0.914. The Hall–Kier alpha value is -0.990. The summed E-state index contributed by atoms with van der Waals surface area (Å²) in [4.78, 5) is 13.3. The van der Waals surface area contributed by atoms with Gasteiger partial charge in [0.2, 0.25) is 0 Å². The van der Waals surface area contributed by atoms with Gasteiger partial charge in [0, 0.05) is 31.5 Å². The average molecular weight is 589 g/mol. The van der Waals surface area contributed by atoms with Gasteiger partial charge in [0.15, 0.2) is 0 Å². The molecule has 7 nitrogen and oxygen atoms in total. The van der Waals surface area contributed by atoms with Crippen LogP contribution in [0.3, 0.4) is 0 Å². The van der Waals surface area contributed by atoms with Crippen LogP contribution in [0.1, 0.15) is 105 Å². The summed E-state index contributed by atoms with van der Waals surface area (Å²) in [6.07, 6.45) is 14.1. The molecule has 0 amide bonds. The number of carbonyl (C=O) groups excluding carboxylic acids is 1. The molecule has 0 saturated heterocycles. The highest BCUT2D eigenvalue weighted by Crippen LogP contribution is 2.67. The van der Waals surface area contributed by atoms with E-state index in [1.165, 1.54) is 50.5 Å². The first-order chi connectivity index (χ1) is 20.0. The van der Waals surface area contributed by atoms with Gasteiger partial charge in [0.05, 0.1) is 6.10 Å². The molecule has 0 aliphatic heterocycles. The average Bonchev–Trinajstić information content (AvgIpc) is 3.30. The minimum atomic E-state index is -0.709. The lowest BCUT2D eigenvalue weighted by Gasteiger charge is -2.60. The van der Waals surface area contributed by atoms with E-state index in [0.29, 0.717) is 43.2 Å². The molecule has 7 heteroatoms. The van der Waals surface area contributed by atoms with E-state index in [-0.39, 0.29) is 17.5 Å². The minimum absolute atomic E-state index is 0.220. The Morgan fingerprint density at radius 3 is 2.57 bits per heavy atom. The van der Waals surface area contributed by atoms with Gasteiger partial charge in [0.1, 0.15) is 12.1 Å². The Morgan fingerprint density at radius 1 is 1.07 bits per heavy atom. The van der Waals surface area contributed by atoms with E-state index >= 15 is 0 Å².